The Morgan fingerprint density at radius 2 is 1.78 bits per heavy atom. The Morgan fingerprint density at radius 1 is 1.03 bits per heavy atom. The summed E-state index contributed by atoms with van der Waals surface area (Å²) in [7, 11) is 2.07. The highest BCUT2D eigenvalue weighted by molar-refractivity contribution is 5.99. The van der Waals surface area contributed by atoms with Gasteiger partial charge in [0.1, 0.15) is 17.5 Å². The summed E-state index contributed by atoms with van der Waals surface area (Å²) in [6.07, 6.45) is 2.84. The van der Waals surface area contributed by atoms with Crippen molar-refractivity contribution in [3.05, 3.63) is 65.6 Å². The van der Waals surface area contributed by atoms with Gasteiger partial charge in [0.25, 0.3) is 5.91 Å². The molecule has 0 atom stereocenters. The van der Waals surface area contributed by atoms with Crippen LogP contribution in [-0.2, 0) is 4.79 Å². The molecule has 37 heavy (non-hydrogen) atoms. The zero-order chi connectivity index (χ0) is 26.3. The number of nitrogens with one attached hydrogen (secondary N) is 1. The number of hydrogen-bond acceptors (Lipinski definition) is 5. The minimum absolute atomic E-state index is 0.0370. The van der Waals surface area contributed by atoms with Gasteiger partial charge in [-0.1, -0.05) is 6.07 Å². The van der Waals surface area contributed by atoms with E-state index < -0.39 is 11.6 Å². The number of piperidine rings is 1. The Labute approximate surface area is 214 Å². The van der Waals surface area contributed by atoms with Crippen molar-refractivity contribution in [3.63, 3.8) is 0 Å². The lowest BCUT2D eigenvalue weighted by atomic mass is 9.89. The Kier molecular flexibility index (Phi) is 6.81. The maximum atomic E-state index is 15.0. The molecule has 1 saturated heterocycles. The molecule has 1 fully saturated rings. The predicted octanol–water partition coefficient (Wildman–Crippen LogP) is 5.85. The number of nitrogens with zero attached hydrogens (tertiary/aromatic N) is 3. The number of halogens is 3. The second kappa shape index (κ2) is 10.0. The van der Waals surface area contributed by atoms with E-state index >= 15 is 0 Å². The second-order valence-electron chi connectivity index (χ2n) is 9.94. The first kappa shape index (κ1) is 25.1. The summed E-state index contributed by atoms with van der Waals surface area (Å²) in [5, 5.41) is 3.02. The topological polar surface area (TPSA) is 57.7 Å². The van der Waals surface area contributed by atoms with Crippen LogP contribution in [0.5, 0.6) is 5.75 Å². The van der Waals surface area contributed by atoms with E-state index in [1.807, 2.05) is 13.8 Å². The summed E-state index contributed by atoms with van der Waals surface area (Å²) in [5.74, 6) is -1.53. The van der Waals surface area contributed by atoms with Crippen molar-refractivity contribution in [2.75, 3.05) is 37.0 Å². The first-order valence-corrected chi connectivity index (χ1v) is 12.4. The lowest BCUT2D eigenvalue weighted by Gasteiger charge is -2.33. The number of carbonyl (C=O) groups is 1. The van der Waals surface area contributed by atoms with Gasteiger partial charge < -0.3 is 19.9 Å². The van der Waals surface area contributed by atoms with E-state index in [-0.39, 0.29) is 58.7 Å². The van der Waals surface area contributed by atoms with Gasteiger partial charge in [-0.05, 0) is 94.2 Å². The third-order valence-electron chi connectivity index (χ3n) is 7.01. The summed E-state index contributed by atoms with van der Waals surface area (Å²) in [6.45, 7) is 5.23. The van der Waals surface area contributed by atoms with Gasteiger partial charge in [0.2, 0.25) is 0 Å². The Bertz CT molecular complexity index is 1340. The van der Waals surface area contributed by atoms with Crippen molar-refractivity contribution >= 4 is 23.1 Å². The van der Waals surface area contributed by atoms with Gasteiger partial charge in [0.15, 0.2) is 18.2 Å². The number of hydrogen-bond donors (Lipinski definition) is 1. The van der Waals surface area contributed by atoms with Crippen molar-refractivity contribution in [1.29, 1.82) is 0 Å². The van der Waals surface area contributed by atoms with Crippen LogP contribution < -0.4 is 15.0 Å². The van der Waals surface area contributed by atoms with E-state index in [4.69, 9.17) is 4.74 Å². The number of fused-ring (bicyclic) bond motifs is 1. The van der Waals surface area contributed by atoms with Gasteiger partial charge in [-0.15, -0.1) is 0 Å². The molecule has 2 aromatic carbocycles. The third-order valence-corrected chi connectivity index (χ3v) is 7.01. The quantitative estimate of drug-likeness (QED) is 0.467. The lowest BCUT2D eigenvalue weighted by Crippen LogP contribution is -2.43. The number of ether oxygens (including phenoxy) is 1. The predicted molar refractivity (Wildman–Crippen MR) is 137 cm³/mol. The summed E-state index contributed by atoms with van der Waals surface area (Å²) >= 11 is 0. The molecule has 6 nitrogen and oxygen atoms in total. The third kappa shape index (κ3) is 5.00. The van der Waals surface area contributed by atoms with Crippen LogP contribution in [0.1, 0.15) is 38.2 Å². The average molecular weight is 511 g/mol. The van der Waals surface area contributed by atoms with Crippen LogP contribution in [0.15, 0.2) is 42.6 Å². The standard InChI is InChI=1S/C28H29F3N4O2/c1-16(2)35-25-11-18(10-23(30)28(25)37-15-27(35)36)21-13-26(32-14-24(21)31)33-19-4-5-20(22(29)12-19)17-6-8-34(3)9-7-17/h4-5,10-14,16-17H,6-9,15H2,1-3H3,(H,32,33). The Balaban J connectivity index is 1.43. The van der Waals surface area contributed by atoms with E-state index in [1.54, 1.807) is 12.1 Å². The molecular formula is C28H29F3N4O2. The van der Waals surface area contributed by atoms with Crippen LogP contribution in [0.3, 0.4) is 0 Å². The zero-order valence-corrected chi connectivity index (χ0v) is 21.0. The van der Waals surface area contributed by atoms with Gasteiger partial charge in [-0.3, -0.25) is 4.79 Å². The van der Waals surface area contributed by atoms with Crippen LogP contribution >= 0.6 is 0 Å². The van der Waals surface area contributed by atoms with Crippen molar-refractivity contribution in [3.8, 4) is 16.9 Å². The molecule has 1 amide bonds. The smallest absolute Gasteiger partial charge is 0.265 e. The van der Waals surface area contributed by atoms with Crippen molar-refractivity contribution in [2.45, 2.75) is 38.6 Å². The lowest BCUT2D eigenvalue weighted by molar-refractivity contribution is -0.121. The van der Waals surface area contributed by atoms with Crippen LogP contribution in [0, 0.1) is 17.5 Å². The molecule has 3 aromatic rings. The van der Waals surface area contributed by atoms with E-state index in [0.717, 1.165) is 32.1 Å². The van der Waals surface area contributed by atoms with Gasteiger partial charge in [0, 0.05) is 17.3 Å². The molecule has 3 heterocycles. The minimum Gasteiger partial charge on any atom is -0.478 e. The molecule has 1 aromatic heterocycles. The highest BCUT2D eigenvalue weighted by Gasteiger charge is 2.31. The molecule has 2 aliphatic rings. The van der Waals surface area contributed by atoms with Gasteiger partial charge in [0.05, 0.1) is 11.9 Å². The highest BCUT2D eigenvalue weighted by atomic mass is 19.1. The molecule has 9 heteroatoms. The molecule has 0 aliphatic carbocycles. The van der Waals surface area contributed by atoms with Crippen molar-refractivity contribution in [2.24, 2.45) is 0 Å². The summed E-state index contributed by atoms with van der Waals surface area (Å²) in [4.78, 5) is 20.2. The van der Waals surface area contributed by atoms with Crippen LogP contribution in [0.4, 0.5) is 30.4 Å². The fourth-order valence-corrected chi connectivity index (χ4v) is 5.09. The second-order valence-corrected chi connectivity index (χ2v) is 9.94. The molecule has 0 unspecified atom stereocenters. The number of carbonyl (C=O) groups excluding carboxylic acids is 1. The van der Waals surface area contributed by atoms with Gasteiger partial charge in [-0.25, -0.2) is 18.2 Å². The SMILES string of the molecule is CC(C)N1C(=O)COc2c(F)cc(-c3cc(Nc4ccc(C5CCN(C)CC5)c(F)c4)ncc3F)cc21. The monoisotopic (exact) mass is 510 g/mol. The molecular weight excluding hydrogens is 481 g/mol. The van der Waals surface area contributed by atoms with Crippen LogP contribution in [0.25, 0.3) is 11.1 Å². The number of pyridine rings is 1. The number of aromatic nitrogens is 1. The molecule has 0 spiro atoms. The van der Waals surface area contributed by atoms with E-state index in [2.05, 4.69) is 22.2 Å². The first-order valence-electron chi connectivity index (χ1n) is 12.4. The molecule has 0 radical (unpaired) electrons. The van der Waals surface area contributed by atoms with Gasteiger partial charge >= 0.3 is 0 Å². The number of amides is 1. The number of rotatable bonds is 5. The van der Waals surface area contributed by atoms with Gasteiger partial charge in [-0.2, -0.15) is 0 Å². The average Bonchev–Trinajstić information content (AvgIpc) is 2.85. The molecule has 0 bridgehead atoms. The largest absolute Gasteiger partial charge is 0.478 e. The van der Waals surface area contributed by atoms with E-state index in [0.29, 0.717) is 11.3 Å². The number of benzene rings is 2. The molecule has 2 aliphatic heterocycles. The number of likely N-dealkylation sites (tertiary alicyclic amines) is 1. The zero-order valence-electron chi connectivity index (χ0n) is 21.0. The normalized spacial score (nSPS) is 16.6. The highest BCUT2D eigenvalue weighted by Crippen LogP contribution is 2.40. The van der Waals surface area contributed by atoms with Crippen molar-refractivity contribution < 1.29 is 22.7 Å². The van der Waals surface area contributed by atoms with Crippen molar-refractivity contribution in [1.82, 2.24) is 9.88 Å². The molecule has 0 saturated carbocycles. The first-order chi connectivity index (χ1) is 17.7. The molecule has 1 N–H and O–H groups in total. The maximum Gasteiger partial charge on any atom is 0.265 e. The molecule has 5 rings (SSSR count). The minimum atomic E-state index is -0.692. The van der Waals surface area contributed by atoms with Crippen LogP contribution in [0.2, 0.25) is 0 Å². The fraction of sp³-hybridized carbons (Fsp3) is 0.357. The number of anilines is 3. The summed E-state index contributed by atoms with van der Waals surface area (Å²) < 4.78 is 50.1. The van der Waals surface area contributed by atoms with Crippen LogP contribution in [-0.4, -0.2) is 48.6 Å². The summed E-state index contributed by atoms with van der Waals surface area (Å²) in [6, 6.07) is 8.89. The summed E-state index contributed by atoms with van der Waals surface area (Å²) in [5.41, 5.74) is 1.73. The van der Waals surface area contributed by atoms with E-state index in [9.17, 15) is 18.0 Å². The Hall–Kier alpha value is -3.59. The Morgan fingerprint density at radius 3 is 2.49 bits per heavy atom. The van der Waals surface area contributed by atoms with E-state index in [1.165, 1.54) is 29.2 Å². The maximum absolute atomic E-state index is 15.0. The fourth-order valence-electron chi connectivity index (χ4n) is 5.09. The molecule has 194 valence electrons.